The van der Waals surface area contributed by atoms with Gasteiger partial charge in [-0.25, -0.2) is 17.2 Å². The van der Waals surface area contributed by atoms with Crippen LogP contribution in [-0.4, -0.2) is 75.9 Å². The van der Waals surface area contributed by atoms with Gasteiger partial charge in [0.1, 0.15) is 18.2 Å². The van der Waals surface area contributed by atoms with Gasteiger partial charge in [0, 0.05) is 23.4 Å². The lowest BCUT2D eigenvalue weighted by atomic mass is 9.92. The lowest BCUT2D eigenvalue weighted by Gasteiger charge is -2.35. The fourth-order valence-corrected chi connectivity index (χ4v) is 5.44. The van der Waals surface area contributed by atoms with Crippen LogP contribution in [0.3, 0.4) is 0 Å². The van der Waals surface area contributed by atoms with Gasteiger partial charge >= 0.3 is 6.18 Å². The summed E-state index contributed by atoms with van der Waals surface area (Å²) in [5.74, 6) is 0.181. The zero-order valence-electron chi connectivity index (χ0n) is 23.0. The molecule has 0 saturated carbocycles. The van der Waals surface area contributed by atoms with Gasteiger partial charge in [-0.05, 0) is 56.4 Å². The zero-order chi connectivity index (χ0) is 30.9. The second-order valence-corrected chi connectivity index (χ2v) is 12.2. The topological polar surface area (TPSA) is 92.7 Å². The van der Waals surface area contributed by atoms with E-state index in [4.69, 9.17) is 4.74 Å². The van der Waals surface area contributed by atoms with Crippen LogP contribution in [0.15, 0.2) is 47.5 Å². The Hall–Kier alpha value is -3.83. The molecule has 1 aliphatic heterocycles. The Bertz CT molecular complexity index is 1660. The number of likely N-dealkylation sites (tertiary alicyclic amines) is 1. The van der Waals surface area contributed by atoms with Crippen LogP contribution in [-0.2, 0) is 21.2 Å². The van der Waals surface area contributed by atoms with Gasteiger partial charge in [0.05, 0.1) is 42.0 Å². The summed E-state index contributed by atoms with van der Waals surface area (Å²) >= 11 is 0. The third kappa shape index (κ3) is 7.32. The molecule has 8 nitrogen and oxygen atoms in total. The first kappa shape index (κ1) is 31.1. The van der Waals surface area contributed by atoms with Crippen LogP contribution in [0.1, 0.15) is 12.0 Å². The molecule has 0 radical (unpaired) electrons. The minimum atomic E-state index is -4.53. The molecule has 42 heavy (non-hydrogen) atoms. The van der Waals surface area contributed by atoms with Gasteiger partial charge in [-0.15, -0.1) is 0 Å². The van der Waals surface area contributed by atoms with E-state index in [0.717, 1.165) is 10.8 Å². The van der Waals surface area contributed by atoms with E-state index in [-0.39, 0.29) is 40.0 Å². The molecule has 0 aliphatic carbocycles. The maximum Gasteiger partial charge on any atom is 0.406 e. The SMILES string of the molecule is COc1ccc(S(C)(=O)=O)cc1NCC#Cc1cc(NC(=O)C2CCN(C)CC2(F)F)c2ccn(CC(F)(F)F)c2c1. The number of anilines is 2. The molecule has 1 unspecified atom stereocenters. The number of methoxy groups -OCH3 is 1. The molecule has 1 aliphatic rings. The molecule has 1 amide bonds. The number of rotatable bonds is 7. The van der Waals surface area contributed by atoms with Crippen LogP contribution in [0.4, 0.5) is 33.3 Å². The number of hydrogen-bond acceptors (Lipinski definition) is 6. The molecule has 1 saturated heterocycles. The quantitative estimate of drug-likeness (QED) is 0.299. The van der Waals surface area contributed by atoms with Crippen LogP contribution in [0.2, 0.25) is 0 Å². The third-order valence-electron chi connectivity index (χ3n) is 6.80. The second-order valence-electron chi connectivity index (χ2n) is 10.1. The Balaban J connectivity index is 1.64. The van der Waals surface area contributed by atoms with Gasteiger partial charge in [-0.1, -0.05) is 11.8 Å². The molecule has 0 spiro atoms. The summed E-state index contributed by atoms with van der Waals surface area (Å²) < 4.78 is 99.0. The first-order valence-electron chi connectivity index (χ1n) is 12.7. The number of nitrogens with one attached hydrogen (secondary N) is 2. The first-order valence-corrected chi connectivity index (χ1v) is 14.6. The van der Waals surface area contributed by atoms with Crippen LogP contribution in [0.5, 0.6) is 5.75 Å². The monoisotopic (exact) mass is 612 g/mol. The van der Waals surface area contributed by atoms with Crippen molar-refractivity contribution in [1.29, 1.82) is 0 Å². The van der Waals surface area contributed by atoms with Crippen molar-refractivity contribution in [2.45, 2.75) is 30.0 Å². The summed E-state index contributed by atoms with van der Waals surface area (Å²) in [7, 11) is -0.544. The summed E-state index contributed by atoms with van der Waals surface area (Å²) in [4.78, 5) is 14.4. The molecule has 226 valence electrons. The van der Waals surface area contributed by atoms with Crippen LogP contribution in [0.25, 0.3) is 10.9 Å². The fraction of sp³-hybridized carbons (Fsp3) is 0.393. The fourth-order valence-electron chi connectivity index (χ4n) is 4.80. The lowest BCUT2D eigenvalue weighted by molar-refractivity contribution is -0.145. The van der Waals surface area contributed by atoms with E-state index in [1.807, 2.05) is 0 Å². The smallest absolute Gasteiger partial charge is 0.406 e. The lowest BCUT2D eigenvalue weighted by Crippen LogP contribution is -2.51. The molecule has 1 fully saturated rings. The Labute approximate surface area is 239 Å². The Morgan fingerprint density at radius 3 is 2.55 bits per heavy atom. The van der Waals surface area contributed by atoms with Crippen LogP contribution < -0.4 is 15.4 Å². The van der Waals surface area contributed by atoms with Gasteiger partial charge in [-0.2, -0.15) is 13.2 Å². The summed E-state index contributed by atoms with van der Waals surface area (Å²) in [5.41, 5.74) is 0.762. The minimum absolute atomic E-state index is 0.00528. The van der Waals surface area contributed by atoms with E-state index < -0.39 is 46.9 Å². The summed E-state index contributed by atoms with van der Waals surface area (Å²) in [6, 6.07) is 8.48. The maximum absolute atomic E-state index is 14.6. The highest BCUT2D eigenvalue weighted by Gasteiger charge is 2.47. The van der Waals surface area contributed by atoms with Crippen molar-refractivity contribution in [2.75, 3.05) is 50.7 Å². The molecule has 2 aromatic carbocycles. The number of aromatic nitrogens is 1. The average molecular weight is 613 g/mol. The molecule has 4 rings (SSSR count). The summed E-state index contributed by atoms with van der Waals surface area (Å²) in [5, 5.41) is 5.70. The first-order chi connectivity index (χ1) is 19.6. The molecule has 2 N–H and O–H groups in total. The van der Waals surface area contributed by atoms with E-state index in [2.05, 4.69) is 22.5 Å². The maximum atomic E-state index is 14.6. The van der Waals surface area contributed by atoms with E-state index in [9.17, 15) is 35.2 Å². The van der Waals surface area contributed by atoms with Crippen molar-refractivity contribution in [1.82, 2.24) is 9.47 Å². The number of amides is 1. The number of hydrogen-bond donors (Lipinski definition) is 2. The van der Waals surface area contributed by atoms with Crippen molar-refractivity contribution >= 4 is 38.0 Å². The number of benzene rings is 2. The van der Waals surface area contributed by atoms with Crippen molar-refractivity contribution in [3.63, 3.8) is 0 Å². The van der Waals surface area contributed by atoms with Gasteiger partial charge < -0.3 is 24.8 Å². The van der Waals surface area contributed by atoms with E-state index in [1.165, 1.54) is 61.7 Å². The van der Waals surface area contributed by atoms with E-state index in [1.54, 1.807) is 0 Å². The highest BCUT2D eigenvalue weighted by atomic mass is 32.2. The largest absolute Gasteiger partial charge is 0.495 e. The minimum Gasteiger partial charge on any atom is -0.495 e. The number of fused-ring (bicyclic) bond motifs is 1. The van der Waals surface area contributed by atoms with Gasteiger partial charge in [0.2, 0.25) is 5.91 Å². The van der Waals surface area contributed by atoms with Crippen LogP contribution >= 0.6 is 0 Å². The number of carbonyl (C=O) groups is 1. The number of piperidine rings is 1. The second kappa shape index (κ2) is 11.8. The van der Waals surface area contributed by atoms with Gasteiger partial charge in [0.15, 0.2) is 9.84 Å². The van der Waals surface area contributed by atoms with E-state index >= 15 is 0 Å². The Kier molecular flexibility index (Phi) is 8.75. The molecular weight excluding hydrogens is 583 g/mol. The third-order valence-corrected chi connectivity index (χ3v) is 7.91. The Morgan fingerprint density at radius 2 is 1.90 bits per heavy atom. The number of ether oxygens (including phenoxy) is 1. The normalized spacial score (nSPS) is 17.4. The van der Waals surface area contributed by atoms with Crippen molar-refractivity contribution in [3.8, 4) is 17.6 Å². The molecule has 1 aromatic heterocycles. The molecular formula is C28H29F5N4O4S. The molecule has 3 aromatic rings. The van der Waals surface area contributed by atoms with Crippen molar-refractivity contribution in [3.05, 3.63) is 48.2 Å². The average Bonchev–Trinajstić information content (AvgIpc) is 3.26. The molecule has 2 heterocycles. The number of nitrogens with zero attached hydrogens (tertiary/aromatic N) is 2. The standard InChI is InChI=1S/C28H29F5N4O4S/c1-36-11-9-21(27(29,30)16-36)26(38)35-22-13-18(14-24-20(22)8-12-37(24)17-28(31,32)33)5-4-10-34-23-15-19(42(3,39)40)6-7-25(23)41-2/h6-8,12-15,21,34H,9-11,16-17H2,1-3H3,(H,35,38). The van der Waals surface area contributed by atoms with Crippen molar-refractivity contribution in [2.24, 2.45) is 5.92 Å². The van der Waals surface area contributed by atoms with Crippen LogP contribution in [0, 0.1) is 17.8 Å². The van der Waals surface area contributed by atoms with E-state index in [0.29, 0.717) is 18.0 Å². The number of sulfone groups is 1. The molecule has 0 bridgehead atoms. The summed E-state index contributed by atoms with van der Waals surface area (Å²) in [6.07, 6.45) is -2.34. The predicted octanol–water partition coefficient (Wildman–Crippen LogP) is 4.60. The zero-order valence-corrected chi connectivity index (χ0v) is 23.8. The highest BCUT2D eigenvalue weighted by molar-refractivity contribution is 7.90. The Morgan fingerprint density at radius 1 is 1.17 bits per heavy atom. The number of halogens is 5. The van der Waals surface area contributed by atoms with Gasteiger partial charge in [-0.3, -0.25) is 4.79 Å². The summed E-state index contributed by atoms with van der Waals surface area (Å²) in [6.45, 7) is -1.60. The molecule has 14 heteroatoms. The highest BCUT2D eigenvalue weighted by Crippen LogP contribution is 2.35. The predicted molar refractivity (Wildman–Crippen MR) is 149 cm³/mol. The van der Waals surface area contributed by atoms with Gasteiger partial charge in [0.25, 0.3) is 5.92 Å². The number of alkyl halides is 5. The molecule has 1 atom stereocenters. The van der Waals surface area contributed by atoms with Crippen molar-refractivity contribution < 1.29 is 39.9 Å². The number of carbonyl (C=O) groups excluding carboxylic acids is 1.